The molecule has 0 radical (unpaired) electrons. The third-order valence-corrected chi connectivity index (χ3v) is 3.40. The van der Waals surface area contributed by atoms with Crippen LogP contribution in [0, 0.1) is 6.92 Å². The summed E-state index contributed by atoms with van der Waals surface area (Å²) in [6, 6.07) is 7.58. The van der Waals surface area contributed by atoms with Gasteiger partial charge in [-0.05, 0) is 48.4 Å². The maximum Gasteiger partial charge on any atom is 0.573 e. The number of ether oxygens (including phenoxy) is 1. The quantitative estimate of drug-likeness (QED) is 0.889. The maximum absolute atomic E-state index is 12.0. The van der Waals surface area contributed by atoms with Gasteiger partial charge in [0.1, 0.15) is 5.75 Å². The SMILES string of the molecule is Cc1cc(N)sc1-c1ccc(OC(F)(F)F)cc1. The van der Waals surface area contributed by atoms with Gasteiger partial charge in [0.25, 0.3) is 0 Å². The number of hydrogen-bond donors (Lipinski definition) is 1. The van der Waals surface area contributed by atoms with Gasteiger partial charge in [-0.3, -0.25) is 0 Å². The first-order chi connectivity index (χ1) is 8.35. The van der Waals surface area contributed by atoms with Crippen molar-refractivity contribution in [1.29, 1.82) is 0 Å². The van der Waals surface area contributed by atoms with Crippen LogP contribution in [0.25, 0.3) is 10.4 Å². The van der Waals surface area contributed by atoms with Crippen LogP contribution in [0.5, 0.6) is 5.75 Å². The first kappa shape index (κ1) is 12.8. The van der Waals surface area contributed by atoms with Crippen LogP contribution in [0.4, 0.5) is 18.2 Å². The molecule has 0 aliphatic heterocycles. The molecule has 0 saturated heterocycles. The molecule has 18 heavy (non-hydrogen) atoms. The van der Waals surface area contributed by atoms with Crippen LogP contribution in [0.3, 0.4) is 0 Å². The Hall–Kier alpha value is -1.69. The van der Waals surface area contributed by atoms with Crippen LogP contribution in [0.15, 0.2) is 30.3 Å². The van der Waals surface area contributed by atoms with Gasteiger partial charge in [-0.2, -0.15) is 0 Å². The Labute approximate surface area is 106 Å². The van der Waals surface area contributed by atoms with Gasteiger partial charge in [0, 0.05) is 4.88 Å². The molecule has 0 bridgehead atoms. The van der Waals surface area contributed by atoms with Crippen LogP contribution in [0.2, 0.25) is 0 Å². The lowest BCUT2D eigenvalue weighted by Gasteiger charge is -2.09. The number of anilines is 1. The summed E-state index contributed by atoms with van der Waals surface area (Å²) in [6.45, 7) is 1.91. The van der Waals surface area contributed by atoms with E-state index in [2.05, 4.69) is 4.74 Å². The third-order valence-electron chi connectivity index (χ3n) is 2.29. The van der Waals surface area contributed by atoms with Crippen LogP contribution >= 0.6 is 11.3 Å². The minimum Gasteiger partial charge on any atom is -0.406 e. The van der Waals surface area contributed by atoms with Crippen molar-refractivity contribution in [3.05, 3.63) is 35.9 Å². The standard InChI is InChI=1S/C12H10F3NOS/c1-7-6-10(16)18-11(7)8-2-4-9(5-3-8)17-12(13,14)15/h2-6H,16H2,1H3. The lowest BCUT2D eigenvalue weighted by Crippen LogP contribution is -2.16. The molecule has 0 amide bonds. The van der Waals surface area contributed by atoms with Crippen molar-refractivity contribution in [2.45, 2.75) is 13.3 Å². The smallest absolute Gasteiger partial charge is 0.406 e. The summed E-state index contributed by atoms with van der Waals surface area (Å²) >= 11 is 1.40. The highest BCUT2D eigenvalue weighted by Gasteiger charge is 2.30. The van der Waals surface area contributed by atoms with E-state index in [0.29, 0.717) is 5.00 Å². The number of hydrogen-bond acceptors (Lipinski definition) is 3. The Kier molecular flexibility index (Phi) is 3.21. The fourth-order valence-corrected chi connectivity index (χ4v) is 2.55. The number of halogens is 3. The Morgan fingerprint density at radius 3 is 2.22 bits per heavy atom. The summed E-state index contributed by atoms with van der Waals surface area (Å²) < 4.78 is 39.8. The molecule has 0 unspecified atom stereocenters. The van der Waals surface area contributed by atoms with Crippen molar-refractivity contribution in [2.24, 2.45) is 0 Å². The van der Waals surface area contributed by atoms with Crippen LogP contribution in [0.1, 0.15) is 5.56 Å². The highest BCUT2D eigenvalue weighted by molar-refractivity contribution is 7.19. The first-order valence-electron chi connectivity index (χ1n) is 5.07. The largest absolute Gasteiger partial charge is 0.573 e. The summed E-state index contributed by atoms with van der Waals surface area (Å²) in [4.78, 5) is 0.950. The molecule has 0 aliphatic carbocycles. The minimum absolute atomic E-state index is 0.228. The highest BCUT2D eigenvalue weighted by atomic mass is 32.1. The first-order valence-corrected chi connectivity index (χ1v) is 5.89. The molecule has 6 heteroatoms. The van der Waals surface area contributed by atoms with Gasteiger partial charge >= 0.3 is 6.36 Å². The van der Waals surface area contributed by atoms with E-state index in [9.17, 15) is 13.2 Å². The fraction of sp³-hybridized carbons (Fsp3) is 0.167. The lowest BCUT2D eigenvalue weighted by atomic mass is 10.1. The van der Waals surface area contributed by atoms with Crippen molar-refractivity contribution in [2.75, 3.05) is 5.73 Å². The van der Waals surface area contributed by atoms with Crippen molar-refractivity contribution >= 4 is 16.3 Å². The fourth-order valence-electron chi connectivity index (χ4n) is 1.60. The van der Waals surface area contributed by atoms with Crippen molar-refractivity contribution < 1.29 is 17.9 Å². The summed E-state index contributed by atoms with van der Waals surface area (Å²) in [5, 5.41) is 0.679. The average Bonchev–Trinajstić information content (AvgIpc) is 2.57. The zero-order chi connectivity index (χ0) is 13.3. The van der Waals surface area contributed by atoms with Gasteiger partial charge in [-0.1, -0.05) is 0 Å². The van der Waals surface area contributed by atoms with Gasteiger partial charge in [0.15, 0.2) is 0 Å². The third kappa shape index (κ3) is 2.95. The van der Waals surface area contributed by atoms with Gasteiger partial charge in [0.05, 0.1) is 5.00 Å². The zero-order valence-corrected chi connectivity index (χ0v) is 10.2. The molecule has 96 valence electrons. The topological polar surface area (TPSA) is 35.2 Å². The van der Waals surface area contributed by atoms with Crippen molar-refractivity contribution in [1.82, 2.24) is 0 Å². The molecule has 0 spiro atoms. The predicted octanol–water partition coefficient (Wildman–Crippen LogP) is 4.20. The molecule has 1 heterocycles. The average molecular weight is 273 g/mol. The van der Waals surface area contributed by atoms with E-state index in [-0.39, 0.29) is 5.75 Å². The number of rotatable bonds is 2. The summed E-state index contributed by atoms with van der Waals surface area (Å²) in [5.41, 5.74) is 7.50. The van der Waals surface area contributed by atoms with Gasteiger partial charge in [-0.25, -0.2) is 0 Å². The van der Waals surface area contributed by atoms with E-state index in [4.69, 9.17) is 5.73 Å². The molecule has 1 aromatic heterocycles. The van der Waals surface area contributed by atoms with Crippen LogP contribution in [-0.2, 0) is 0 Å². The van der Waals surface area contributed by atoms with Crippen LogP contribution in [-0.4, -0.2) is 6.36 Å². The summed E-state index contributed by atoms with van der Waals surface area (Å²) in [7, 11) is 0. The lowest BCUT2D eigenvalue weighted by molar-refractivity contribution is -0.274. The van der Waals surface area contributed by atoms with Crippen molar-refractivity contribution in [3.63, 3.8) is 0 Å². The summed E-state index contributed by atoms with van der Waals surface area (Å²) in [6.07, 6.45) is -4.66. The molecule has 0 fully saturated rings. The molecule has 2 N–H and O–H groups in total. The number of nitrogen functional groups attached to an aromatic ring is 1. The number of alkyl halides is 3. The normalized spacial score (nSPS) is 11.6. The van der Waals surface area contributed by atoms with E-state index >= 15 is 0 Å². The van der Waals surface area contributed by atoms with Crippen molar-refractivity contribution in [3.8, 4) is 16.2 Å². The minimum atomic E-state index is -4.66. The molecule has 2 rings (SSSR count). The van der Waals surface area contributed by atoms with E-state index in [0.717, 1.165) is 16.0 Å². The molecule has 1 aromatic carbocycles. The Bertz CT molecular complexity index is 545. The second kappa shape index (κ2) is 4.53. The highest BCUT2D eigenvalue weighted by Crippen LogP contribution is 2.35. The maximum atomic E-state index is 12.0. The van der Waals surface area contributed by atoms with Gasteiger partial charge in [-0.15, -0.1) is 24.5 Å². The molecule has 2 aromatic rings. The number of benzene rings is 1. The number of thiophene rings is 1. The van der Waals surface area contributed by atoms with Crippen LogP contribution < -0.4 is 10.5 Å². The molecule has 2 nitrogen and oxygen atoms in total. The van der Waals surface area contributed by atoms with E-state index < -0.39 is 6.36 Å². The number of aryl methyl sites for hydroxylation is 1. The predicted molar refractivity (Wildman–Crippen MR) is 65.6 cm³/mol. The Morgan fingerprint density at radius 1 is 1.17 bits per heavy atom. The summed E-state index contributed by atoms with van der Waals surface area (Å²) in [5.74, 6) is -0.228. The van der Waals surface area contributed by atoms with E-state index in [1.165, 1.54) is 23.5 Å². The molecule has 0 saturated carbocycles. The zero-order valence-electron chi connectivity index (χ0n) is 9.41. The monoisotopic (exact) mass is 273 g/mol. The Morgan fingerprint density at radius 2 is 1.78 bits per heavy atom. The molecule has 0 aliphatic rings. The van der Waals surface area contributed by atoms with Gasteiger partial charge < -0.3 is 10.5 Å². The van der Waals surface area contributed by atoms with Gasteiger partial charge in [0.2, 0.25) is 0 Å². The second-order valence-electron chi connectivity index (χ2n) is 3.73. The molecular formula is C12H10F3NOS. The number of nitrogens with two attached hydrogens (primary N) is 1. The molecular weight excluding hydrogens is 263 g/mol. The Balaban J connectivity index is 2.25. The van der Waals surface area contributed by atoms with E-state index in [1.54, 1.807) is 12.1 Å². The second-order valence-corrected chi connectivity index (χ2v) is 4.82. The molecule has 0 atom stereocenters. The van der Waals surface area contributed by atoms with E-state index in [1.807, 2.05) is 13.0 Å².